The van der Waals surface area contributed by atoms with E-state index < -0.39 is 10.8 Å². The Morgan fingerprint density at radius 1 is 1.43 bits per heavy atom. The van der Waals surface area contributed by atoms with E-state index in [-0.39, 0.29) is 0 Å². The molecule has 0 saturated heterocycles. The molecule has 1 atom stereocenters. The Kier molecular flexibility index (Phi) is 4.90. The van der Waals surface area contributed by atoms with Crippen LogP contribution in [0, 0.1) is 0 Å². The van der Waals surface area contributed by atoms with E-state index in [1.54, 1.807) is 16.9 Å². The van der Waals surface area contributed by atoms with E-state index >= 15 is 0 Å². The Hall–Kier alpha value is -0.610. The third-order valence-electron chi connectivity index (χ3n) is 2.17. The number of hydrogen-bond donors (Lipinski definition) is 0. The number of ether oxygens (including phenoxy) is 1. The molecule has 0 aromatic heterocycles. The fourth-order valence-corrected chi connectivity index (χ4v) is 1.96. The normalized spacial score (nSPS) is 20.2. The number of likely N-dealkylation sites (N-methyl/N-ethyl adjacent to an activating group) is 1. The van der Waals surface area contributed by atoms with Gasteiger partial charge in [-0.1, -0.05) is 13.8 Å². The molecule has 0 N–H and O–H groups in total. The average molecular weight is 215 g/mol. The first-order valence-electron chi connectivity index (χ1n) is 4.90. The summed E-state index contributed by atoms with van der Waals surface area (Å²) in [5.74, 6) is 0.732. The predicted octanol–water partition coefficient (Wildman–Crippen LogP) is 1.46. The molecule has 0 fully saturated rings. The van der Waals surface area contributed by atoms with E-state index in [0.29, 0.717) is 6.61 Å². The maximum absolute atomic E-state index is 10.9. The van der Waals surface area contributed by atoms with Crippen LogP contribution in [-0.2, 0) is 15.5 Å². The van der Waals surface area contributed by atoms with Crippen LogP contribution < -0.4 is 0 Å². The molecule has 1 unspecified atom stereocenters. The first kappa shape index (κ1) is 11.5. The molecule has 80 valence electrons. The molecule has 0 saturated carbocycles. The van der Waals surface area contributed by atoms with Crippen molar-refractivity contribution in [3.05, 3.63) is 22.7 Å². The summed E-state index contributed by atoms with van der Waals surface area (Å²) in [5.41, 5.74) is 0. The van der Waals surface area contributed by atoms with Gasteiger partial charge in [-0.25, -0.2) is 0 Å². The van der Waals surface area contributed by atoms with Crippen molar-refractivity contribution < 1.29 is 8.95 Å². The summed E-state index contributed by atoms with van der Waals surface area (Å²) in [7, 11) is -0.952. The van der Waals surface area contributed by atoms with Crippen molar-refractivity contribution in [2.24, 2.45) is 0 Å². The van der Waals surface area contributed by atoms with Crippen molar-refractivity contribution in [3.63, 3.8) is 0 Å². The molecule has 3 nitrogen and oxygen atoms in total. The molecule has 0 aliphatic carbocycles. The highest BCUT2D eigenvalue weighted by molar-refractivity contribution is 7.91. The van der Waals surface area contributed by atoms with Crippen LogP contribution in [0.1, 0.15) is 13.8 Å². The quantitative estimate of drug-likeness (QED) is 0.672. The smallest absolute Gasteiger partial charge is 0.129 e. The molecule has 1 aliphatic heterocycles. The lowest BCUT2D eigenvalue weighted by Gasteiger charge is -2.17. The summed E-state index contributed by atoms with van der Waals surface area (Å²) in [5, 5.41) is 3.26. The number of allylic oxidation sites excluding steroid dienone is 1. The minimum atomic E-state index is -0.952. The van der Waals surface area contributed by atoms with Gasteiger partial charge in [0.15, 0.2) is 0 Å². The number of rotatable bonds is 6. The summed E-state index contributed by atoms with van der Waals surface area (Å²) in [4.78, 5) is 2.29. The lowest BCUT2D eigenvalue weighted by molar-refractivity contribution is 0.172. The fourth-order valence-electron chi connectivity index (χ4n) is 1.24. The van der Waals surface area contributed by atoms with Gasteiger partial charge in [-0.15, -0.1) is 0 Å². The molecule has 0 aromatic rings. The van der Waals surface area contributed by atoms with Crippen LogP contribution >= 0.6 is 0 Å². The van der Waals surface area contributed by atoms with E-state index in [4.69, 9.17) is 4.74 Å². The second-order valence-corrected chi connectivity index (χ2v) is 4.19. The van der Waals surface area contributed by atoms with Crippen molar-refractivity contribution in [3.8, 4) is 0 Å². The van der Waals surface area contributed by atoms with Crippen LogP contribution in [0.15, 0.2) is 22.7 Å². The van der Waals surface area contributed by atoms with Crippen LogP contribution in [0.25, 0.3) is 0 Å². The number of hydrogen-bond acceptors (Lipinski definition) is 3. The monoisotopic (exact) mass is 215 g/mol. The van der Waals surface area contributed by atoms with Gasteiger partial charge in [0.25, 0.3) is 0 Å². The van der Waals surface area contributed by atoms with E-state index in [9.17, 15) is 4.21 Å². The second kappa shape index (κ2) is 5.98. The molecule has 1 heterocycles. The summed E-state index contributed by atoms with van der Waals surface area (Å²) < 4.78 is 16.4. The third-order valence-corrected chi connectivity index (χ3v) is 3.04. The molecule has 4 heteroatoms. The van der Waals surface area contributed by atoms with Gasteiger partial charge in [-0.05, 0) is 19.2 Å². The van der Waals surface area contributed by atoms with Gasteiger partial charge in [-0.2, -0.15) is 0 Å². The highest BCUT2D eigenvalue weighted by Crippen LogP contribution is 2.10. The van der Waals surface area contributed by atoms with Crippen molar-refractivity contribution in [2.75, 3.05) is 26.2 Å². The zero-order valence-electron chi connectivity index (χ0n) is 8.73. The maximum atomic E-state index is 10.9. The second-order valence-electron chi connectivity index (χ2n) is 3.03. The van der Waals surface area contributed by atoms with Crippen molar-refractivity contribution in [1.29, 1.82) is 0 Å². The van der Waals surface area contributed by atoms with Gasteiger partial charge in [0, 0.05) is 17.4 Å². The average Bonchev–Trinajstić information content (AvgIpc) is 2.59. The van der Waals surface area contributed by atoms with Gasteiger partial charge in [0.05, 0.1) is 10.8 Å². The predicted molar refractivity (Wildman–Crippen MR) is 59.1 cm³/mol. The first-order chi connectivity index (χ1) is 6.76. The Morgan fingerprint density at radius 2 is 2.14 bits per heavy atom. The van der Waals surface area contributed by atoms with Crippen LogP contribution in [0.2, 0.25) is 0 Å². The molecule has 0 radical (unpaired) electrons. The van der Waals surface area contributed by atoms with Crippen molar-refractivity contribution in [2.45, 2.75) is 13.8 Å². The SMILES string of the molecule is CCN(CC)CCOC1=CS(=O)C=C1. The topological polar surface area (TPSA) is 29.5 Å². The molecule has 0 amide bonds. The molecular formula is C10H17NO2S. The third kappa shape index (κ3) is 3.64. The van der Waals surface area contributed by atoms with Crippen LogP contribution in [-0.4, -0.2) is 35.3 Å². The van der Waals surface area contributed by atoms with E-state index in [1.807, 2.05) is 0 Å². The van der Waals surface area contributed by atoms with Crippen LogP contribution in [0.3, 0.4) is 0 Å². The summed E-state index contributed by atoms with van der Waals surface area (Å²) in [6.45, 7) is 7.93. The molecule has 0 bridgehead atoms. The molecular weight excluding hydrogens is 198 g/mol. The molecule has 1 aliphatic rings. The molecule has 14 heavy (non-hydrogen) atoms. The zero-order chi connectivity index (χ0) is 10.4. The summed E-state index contributed by atoms with van der Waals surface area (Å²) >= 11 is 0. The van der Waals surface area contributed by atoms with E-state index in [2.05, 4.69) is 18.7 Å². The molecule has 0 spiro atoms. The first-order valence-corrected chi connectivity index (χ1v) is 6.18. The van der Waals surface area contributed by atoms with Crippen molar-refractivity contribution >= 4 is 10.8 Å². The minimum absolute atomic E-state index is 0.662. The lowest BCUT2D eigenvalue weighted by Crippen LogP contribution is -2.26. The van der Waals surface area contributed by atoms with Crippen LogP contribution in [0.5, 0.6) is 0 Å². The standard InChI is InChI=1S/C10H17NO2S/c1-3-11(4-2)6-7-13-10-5-8-14(12)9-10/h5,8-9H,3-4,6-7H2,1-2H3. The largest absolute Gasteiger partial charge is 0.492 e. The highest BCUT2D eigenvalue weighted by Gasteiger charge is 2.05. The molecule has 0 aromatic carbocycles. The van der Waals surface area contributed by atoms with Gasteiger partial charge in [0.2, 0.25) is 0 Å². The van der Waals surface area contributed by atoms with Crippen LogP contribution in [0.4, 0.5) is 0 Å². The van der Waals surface area contributed by atoms with E-state index in [0.717, 1.165) is 25.4 Å². The zero-order valence-corrected chi connectivity index (χ0v) is 9.55. The van der Waals surface area contributed by atoms with Gasteiger partial charge < -0.3 is 9.64 Å². The number of nitrogens with zero attached hydrogens (tertiary/aromatic N) is 1. The Balaban J connectivity index is 2.18. The summed E-state index contributed by atoms with van der Waals surface area (Å²) in [6.07, 6.45) is 1.76. The highest BCUT2D eigenvalue weighted by atomic mass is 32.2. The van der Waals surface area contributed by atoms with Gasteiger partial charge in [0.1, 0.15) is 12.4 Å². The summed E-state index contributed by atoms with van der Waals surface area (Å²) in [6, 6.07) is 0. The maximum Gasteiger partial charge on any atom is 0.129 e. The van der Waals surface area contributed by atoms with Gasteiger partial charge in [-0.3, -0.25) is 4.21 Å². The Labute approximate surface area is 87.9 Å². The Bertz CT molecular complexity index is 257. The van der Waals surface area contributed by atoms with Crippen molar-refractivity contribution in [1.82, 2.24) is 4.90 Å². The van der Waals surface area contributed by atoms with Gasteiger partial charge >= 0.3 is 0 Å². The Morgan fingerprint density at radius 3 is 2.64 bits per heavy atom. The molecule has 1 rings (SSSR count). The fraction of sp³-hybridized carbons (Fsp3) is 0.600. The van der Waals surface area contributed by atoms with E-state index in [1.165, 1.54) is 0 Å². The minimum Gasteiger partial charge on any atom is -0.492 e. The lowest BCUT2D eigenvalue weighted by atomic mass is 10.5.